The fourth-order valence-electron chi connectivity index (χ4n) is 4.08. The normalized spacial score (nSPS) is 23.8. The van der Waals surface area contributed by atoms with E-state index in [1.807, 2.05) is 91.9 Å². The molecule has 4 rings (SSSR count). The van der Waals surface area contributed by atoms with Gasteiger partial charge in [-0.2, -0.15) is 0 Å². The average molecular weight is 495 g/mol. The smallest absolute Gasteiger partial charge is 0.186 e. The first-order chi connectivity index (χ1) is 17.6. The van der Waals surface area contributed by atoms with Crippen LogP contribution in [-0.2, 0) is 32.2 Å². The van der Waals surface area contributed by atoms with Crippen LogP contribution in [0.15, 0.2) is 84.9 Å². The summed E-state index contributed by atoms with van der Waals surface area (Å²) in [6.45, 7) is 3.18. The van der Waals surface area contributed by atoms with Crippen LogP contribution < -0.4 is 9.47 Å². The van der Waals surface area contributed by atoms with Gasteiger partial charge in [0.15, 0.2) is 6.29 Å². The van der Waals surface area contributed by atoms with Crippen molar-refractivity contribution in [2.24, 2.45) is 0 Å². The fraction of sp³-hybridized carbons (Fsp3) is 0.379. The number of ether oxygens (including phenoxy) is 6. The number of rotatable bonds is 12. The van der Waals surface area contributed by atoms with Gasteiger partial charge in [0.1, 0.15) is 36.4 Å². The van der Waals surface area contributed by atoms with E-state index >= 15 is 0 Å². The van der Waals surface area contributed by atoms with Crippen LogP contribution >= 0.6 is 0 Å². The van der Waals surface area contributed by atoms with E-state index in [0.717, 1.165) is 16.9 Å². The van der Waals surface area contributed by atoms with Crippen molar-refractivity contribution < 1.29 is 33.5 Å². The molecule has 1 aliphatic rings. The van der Waals surface area contributed by atoms with Gasteiger partial charge in [0, 0.05) is 0 Å². The largest absolute Gasteiger partial charge is 0.497 e. The summed E-state index contributed by atoms with van der Waals surface area (Å²) in [6.07, 6.45) is -3.36. The molecule has 0 aliphatic carbocycles. The second kappa shape index (κ2) is 13.4. The van der Waals surface area contributed by atoms with Gasteiger partial charge in [-0.25, -0.2) is 0 Å². The molecule has 3 aromatic rings. The molecule has 0 aromatic heterocycles. The minimum Gasteiger partial charge on any atom is -0.497 e. The maximum Gasteiger partial charge on any atom is 0.186 e. The summed E-state index contributed by atoms with van der Waals surface area (Å²) in [5.41, 5.74) is 2.05. The van der Waals surface area contributed by atoms with E-state index in [9.17, 15) is 5.11 Å². The average Bonchev–Trinajstić information content (AvgIpc) is 2.92. The Labute approximate surface area is 212 Å². The van der Waals surface area contributed by atoms with Gasteiger partial charge in [-0.3, -0.25) is 0 Å². The second-order valence-electron chi connectivity index (χ2n) is 8.62. The van der Waals surface area contributed by atoms with Gasteiger partial charge in [-0.1, -0.05) is 60.7 Å². The quantitative estimate of drug-likeness (QED) is 0.375. The Hall–Kier alpha value is -2.94. The number of aliphatic hydroxyl groups excluding tert-OH is 1. The van der Waals surface area contributed by atoms with Crippen LogP contribution in [-0.4, -0.2) is 56.1 Å². The lowest BCUT2D eigenvalue weighted by atomic mass is 9.99. The van der Waals surface area contributed by atoms with Gasteiger partial charge in [-0.05, 0) is 42.3 Å². The first-order valence-corrected chi connectivity index (χ1v) is 12.2. The van der Waals surface area contributed by atoms with Crippen LogP contribution in [0.2, 0.25) is 0 Å². The summed E-state index contributed by atoms with van der Waals surface area (Å²) in [5, 5.41) is 11.2. The minimum atomic E-state index is -1.04. The van der Waals surface area contributed by atoms with Crippen molar-refractivity contribution in [1.29, 1.82) is 0 Å². The molecule has 7 nitrogen and oxygen atoms in total. The Morgan fingerprint density at radius 2 is 1.25 bits per heavy atom. The number of hydrogen-bond donors (Lipinski definition) is 1. The molecule has 1 saturated heterocycles. The molecule has 1 heterocycles. The van der Waals surface area contributed by atoms with Crippen LogP contribution in [0.1, 0.15) is 18.1 Å². The molecule has 0 spiro atoms. The van der Waals surface area contributed by atoms with Gasteiger partial charge in [-0.15, -0.1) is 0 Å². The van der Waals surface area contributed by atoms with Gasteiger partial charge in [0.25, 0.3) is 0 Å². The molecular weight excluding hydrogens is 460 g/mol. The number of methoxy groups -OCH3 is 1. The fourth-order valence-corrected chi connectivity index (χ4v) is 4.08. The highest BCUT2D eigenvalue weighted by molar-refractivity contribution is 5.31. The highest BCUT2D eigenvalue weighted by Gasteiger charge is 2.45. The van der Waals surface area contributed by atoms with Gasteiger partial charge >= 0.3 is 0 Å². The molecule has 5 atom stereocenters. The lowest BCUT2D eigenvalue weighted by Crippen LogP contribution is -2.59. The molecule has 192 valence electrons. The van der Waals surface area contributed by atoms with E-state index in [1.54, 1.807) is 7.11 Å². The van der Waals surface area contributed by atoms with Crippen molar-refractivity contribution in [1.82, 2.24) is 0 Å². The molecule has 36 heavy (non-hydrogen) atoms. The van der Waals surface area contributed by atoms with E-state index in [4.69, 9.17) is 28.4 Å². The van der Waals surface area contributed by atoms with E-state index in [0.29, 0.717) is 25.6 Å². The molecule has 7 heteroatoms. The first kappa shape index (κ1) is 26.1. The van der Waals surface area contributed by atoms with Crippen molar-refractivity contribution in [2.45, 2.75) is 50.8 Å². The van der Waals surface area contributed by atoms with Crippen LogP contribution in [0.3, 0.4) is 0 Å². The van der Waals surface area contributed by atoms with Crippen molar-refractivity contribution in [3.05, 3.63) is 96.1 Å². The highest BCUT2D eigenvalue weighted by Crippen LogP contribution is 2.28. The summed E-state index contributed by atoms with van der Waals surface area (Å²) in [4.78, 5) is 0. The summed E-state index contributed by atoms with van der Waals surface area (Å²) >= 11 is 0. The monoisotopic (exact) mass is 494 g/mol. The zero-order valence-electron chi connectivity index (χ0n) is 20.7. The summed E-state index contributed by atoms with van der Waals surface area (Å²) < 4.78 is 35.2. The van der Waals surface area contributed by atoms with E-state index < -0.39 is 24.6 Å². The van der Waals surface area contributed by atoms with Crippen molar-refractivity contribution in [2.75, 3.05) is 20.3 Å². The molecule has 0 unspecified atom stereocenters. The Morgan fingerprint density at radius 1 is 0.694 bits per heavy atom. The first-order valence-electron chi connectivity index (χ1n) is 12.2. The number of benzene rings is 3. The van der Waals surface area contributed by atoms with Crippen LogP contribution in [0.5, 0.6) is 11.5 Å². The van der Waals surface area contributed by atoms with E-state index in [1.165, 1.54) is 0 Å². The van der Waals surface area contributed by atoms with Gasteiger partial charge in [0.05, 0.1) is 33.0 Å². The van der Waals surface area contributed by atoms with Gasteiger partial charge in [0.2, 0.25) is 0 Å². The molecular formula is C29H34O7. The van der Waals surface area contributed by atoms with Crippen LogP contribution in [0, 0.1) is 0 Å². The number of aliphatic hydroxyl groups is 1. The Bertz CT molecular complexity index is 1010. The second-order valence-corrected chi connectivity index (χ2v) is 8.62. The molecule has 1 aliphatic heterocycles. The Morgan fingerprint density at radius 3 is 1.83 bits per heavy atom. The third kappa shape index (κ3) is 7.29. The predicted molar refractivity (Wildman–Crippen MR) is 135 cm³/mol. The standard InChI is InChI=1S/C29H34O7/c1-21-27(34-19-22-9-5-3-6-10-22)28(35-20-23-11-7-4-8-12-23)26(30)29(36-21)33-18-17-32-25-15-13-24(31-2)14-16-25/h3-16,21,26-30H,17-20H2,1-2H3/t21-,26+,27-,28-,29+/m0/s1. The van der Waals surface area contributed by atoms with Crippen molar-refractivity contribution in [3.8, 4) is 11.5 Å². The Kier molecular flexibility index (Phi) is 9.72. The molecule has 1 fully saturated rings. The van der Waals surface area contributed by atoms with Crippen molar-refractivity contribution >= 4 is 0 Å². The predicted octanol–water partition coefficient (Wildman–Crippen LogP) is 4.37. The molecule has 0 saturated carbocycles. The Balaban J connectivity index is 1.35. The molecule has 3 aromatic carbocycles. The topological polar surface area (TPSA) is 75.6 Å². The molecule has 1 N–H and O–H groups in total. The van der Waals surface area contributed by atoms with E-state index in [-0.39, 0.29) is 12.7 Å². The van der Waals surface area contributed by atoms with Crippen LogP contribution in [0.25, 0.3) is 0 Å². The summed E-state index contributed by atoms with van der Waals surface area (Å²) in [7, 11) is 1.62. The third-order valence-electron chi connectivity index (χ3n) is 6.01. The lowest BCUT2D eigenvalue weighted by molar-refractivity contribution is -0.310. The van der Waals surface area contributed by atoms with Gasteiger partial charge < -0.3 is 33.5 Å². The molecule has 0 radical (unpaired) electrons. The summed E-state index contributed by atoms with van der Waals surface area (Å²) in [5.74, 6) is 1.47. The maximum atomic E-state index is 11.2. The number of hydrogen-bond acceptors (Lipinski definition) is 7. The lowest BCUT2D eigenvalue weighted by Gasteiger charge is -2.43. The molecule has 0 bridgehead atoms. The zero-order chi connectivity index (χ0) is 25.2. The summed E-state index contributed by atoms with van der Waals surface area (Å²) in [6, 6.07) is 27.1. The maximum absolute atomic E-state index is 11.2. The third-order valence-corrected chi connectivity index (χ3v) is 6.01. The van der Waals surface area contributed by atoms with Crippen molar-refractivity contribution in [3.63, 3.8) is 0 Å². The van der Waals surface area contributed by atoms with Crippen LogP contribution in [0.4, 0.5) is 0 Å². The SMILES string of the molecule is COc1ccc(OCCO[C@@H]2O[C@@H](C)[C@H](OCc3ccccc3)[C@@H](OCc3ccccc3)[C@H]2O)cc1. The zero-order valence-corrected chi connectivity index (χ0v) is 20.7. The minimum absolute atomic E-state index is 0.238. The van der Waals surface area contributed by atoms with E-state index in [2.05, 4.69) is 0 Å². The highest BCUT2D eigenvalue weighted by atomic mass is 16.7. The molecule has 0 amide bonds.